The first-order valence-corrected chi connectivity index (χ1v) is 15.1. The van der Waals surface area contributed by atoms with E-state index in [0.717, 1.165) is 36.9 Å². The van der Waals surface area contributed by atoms with Crippen LogP contribution in [0, 0.1) is 10.1 Å². The zero-order chi connectivity index (χ0) is 30.5. The minimum absolute atomic E-state index is 0.0162. The van der Waals surface area contributed by atoms with Crippen LogP contribution < -0.4 is 5.32 Å². The van der Waals surface area contributed by atoms with E-state index in [-0.39, 0.29) is 29.2 Å². The molecule has 1 aliphatic carbocycles. The highest BCUT2D eigenvalue weighted by atomic mass is 16.6. The number of nitrogens with one attached hydrogen (secondary N) is 1. The molecule has 3 aromatic carbocycles. The van der Waals surface area contributed by atoms with Crippen LogP contribution in [0.2, 0.25) is 0 Å². The first-order valence-electron chi connectivity index (χ1n) is 15.1. The molecule has 1 saturated heterocycles. The molecule has 1 aromatic heterocycles. The summed E-state index contributed by atoms with van der Waals surface area (Å²) in [6.07, 6.45) is 5.27. The van der Waals surface area contributed by atoms with E-state index in [4.69, 9.17) is 9.72 Å². The second kappa shape index (κ2) is 13.2. The van der Waals surface area contributed by atoms with Crippen molar-refractivity contribution in [2.24, 2.45) is 0 Å². The predicted molar refractivity (Wildman–Crippen MR) is 165 cm³/mol. The van der Waals surface area contributed by atoms with Crippen LogP contribution in [0.3, 0.4) is 0 Å². The van der Waals surface area contributed by atoms with Gasteiger partial charge in [-0.3, -0.25) is 14.9 Å². The summed E-state index contributed by atoms with van der Waals surface area (Å²) in [5, 5.41) is 14.5. The van der Waals surface area contributed by atoms with Crippen molar-refractivity contribution in [2.45, 2.75) is 50.3 Å². The summed E-state index contributed by atoms with van der Waals surface area (Å²) in [4.78, 5) is 44.7. The second-order valence-electron chi connectivity index (χ2n) is 11.4. The molecule has 1 saturated carbocycles. The fourth-order valence-corrected chi connectivity index (χ4v) is 6.34. The van der Waals surface area contributed by atoms with Crippen molar-refractivity contribution in [3.8, 4) is 11.3 Å². The average molecular weight is 594 g/mol. The molecule has 1 amide bonds. The van der Waals surface area contributed by atoms with Crippen molar-refractivity contribution >= 4 is 17.6 Å². The molecule has 10 nitrogen and oxygen atoms in total. The van der Waals surface area contributed by atoms with Gasteiger partial charge in [-0.25, -0.2) is 9.78 Å². The lowest BCUT2D eigenvalue weighted by Gasteiger charge is -2.36. The number of rotatable bonds is 8. The number of nitrogens with zero attached hydrogens (tertiary/aromatic N) is 4. The maximum absolute atomic E-state index is 14.3. The van der Waals surface area contributed by atoms with Crippen LogP contribution in [0.1, 0.15) is 58.1 Å². The van der Waals surface area contributed by atoms with Gasteiger partial charge in [-0.1, -0.05) is 67.1 Å². The molecular weight excluding hydrogens is 558 g/mol. The lowest BCUT2D eigenvalue weighted by Crippen LogP contribution is -2.54. The van der Waals surface area contributed by atoms with Gasteiger partial charge in [0.2, 0.25) is 0 Å². The van der Waals surface area contributed by atoms with Crippen molar-refractivity contribution in [3.63, 3.8) is 0 Å². The fourth-order valence-electron chi connectivity index (χ4n) is 6.34. The molecule has 3 atom stereocenters. The molecule has 226 valence electrons. The molecular formula is C34H35N5O5. The Kier molecular flexibility index (Phi) is 8.79. The van der Waals surface area contributed by atoms with Gasteiger partial charge in [-0.15, -0.1) is 0 Å². The van der Waals surface area contributed by atoms with E-state index in [1.807, 2.05) is 58.0 Å². The monoisotopic (exact) mass is 593 g/mol. The summed E-state index contributed by atoms with van der Waals surface area (Å²) in [6.45, 7) is 1.99. The van der Waals surface area contributed by atoms with Crippen molar-refractivity contribution < 1.29 is 19.2 Å². The third-order valence-corrected chi connectivity index (χ3v) is 8.57. The van der Waals surface area contributed by atoms with Gasteiger partial charge in [0.1, 0.15) is 6.10 Å². The van der Waals surface area contributed by atoms with E-state index in [9.17, 15) is 19.7 Å². The molecule has 1 N–H and O–H groups in total. The smallest absolute Gasteiger partial charge is 0.338 e. The maximum Gasteiger partial charge on any atom is 0.338 e. The van der Waals surface area contributed by atoms with E-state index in [2.05, 4.69) is 17.4 Å². The first-order chi connectivity index (χ1) is 21.5. The Labute approximate surface area is 255 Å². The highest BCUT2D eigenvalue weighted by Gasteiger charge is 2.36. The lowest BCUT2D eigenvalue weighted by molar-refractivity contribution is -0.384. The zero-order valence-corrected chi connectivity index (χ0v) is 24.4. The molecule has 0 bridgehead atoms. The number of nitro benzene ring substituents is 1. The molecule has 10 heteroatoms. The van der Waals surface area contributed by atoms with Crippen LogP contribution in [0.15, 0.2) is 91.3 Å². The largest absolute Gasteiger partial charge is 0.457 e. The minimum Gasteiger partial charge on any atom is -0.457 e. The Hall–Kier alpha value is -4.83. The van der Waals surface area contributed by atoms with Gasteiger partial charge >= 0.3 is 5.97 Å². The Morgan fingerprint density at radius 2 is 1.66 bits per heavy atom. The number of imidazole rings is 1. The Bertz CT molecular complexity index is 1610. The number of amides is 1. The third kappa shape index (κ3) is 6.26. The molecule has 0 radical (unpaired) electrons. The molecule has 44 heavy (non-hydrogen) atoms. The van der Waals surface area contributed by atoms with Crippen molar-refractivity contribution in [2.75, 3.05) is 19.6 Å². The number of carbonyl (C=O) groups is 2. The molecule has 2 aliphatic rings. The number of nitro groups is 1. The van der Waals surface area contributed by atoms with E-state index in [0.29, 0.717) is 31.7 Å². The summed E-state index contributed by atoms with van der Waals surface area (Å²) in [7, 11) is 0. The fraction of sp³-hybridized carbons (Fsp3) is 0.324. The second-order valence-corrected chi connectivity index (χ2v) is 11.4. The number of esters is 1. The van der Waals surface area contributed by atoms with Crippen LogP contribution in [0.5, 0.6) is 0 Å². The number of ether oxygens (including phenoxy) is 1. The Balaban J connectivity index is 1.31. The van der Waals surface area contributed by atoms with Crippen LogP contribution >= 0.6 is 0 Å². The third-order valence-electron chi connectivity index (χ3n) is 8.57. The molecule has 2 heterocycles. The number of hydrogen-bond donors (Lipinski definition) is 1. The van der Waals surface area contributed by atoms with Crippen molar-refractivity contribution in [3.05, 3.63) is 118 Å². The zero-order valence-electron chi connectivity index (χ0n) is 24.4. The SMILES string of the molecule is O=C(OC1CCCCC1n1cnc(C(=O)N2CCNC[C@H]2Cc2ccccc2)c1-c1ccccc1)c1ccc([N+](=O)[O-])cc1. The summed E-state index contributed by atoms with van der Waals surface area (Å²) in [6, 6.07) is 25.2. The molecule has 2 fully saturated rings. The number of piperazine rings is 1. The summed E-state index contributed by atoms with van der Waals surface area (Å²) in [5.74, 6) is -0.640. The number of hydrogen-bond acceptors (Lipinski definition) is 7. The summed E-state index contributed by atoms with van der Waals surface area (Å²) < 4.78 is 8.06. The number of aromatic nitrogens is 2. The highest BCUT2D eigenvalue weighted by molar-refractivity contribution is 5.98. The van der Waals surface area contributed by atoms with E-state index in [1.54, 1.807) is 6.33 Å². The predicted octanol–water partition coefficient (Wildman–Crippen LogP) is 5.46. The summed E-state index contributed by atoms with van der Waals surface area (Å²) >= 11 is 0. The quantitative estimate of drug-likeness (QED) is 0.164. The topological polar surface area (TPSA) is 120 Å². The van der Waals surface area contributed by atoms with Crippen LogP contribution in [-0.2, 0) is 11.2 Å². The highest BCUT2D eigenvalue weighted by Crippen LogP contribution is 2.37. The molecule has 2 unspecified atom stereocenters. The normalized spacial score (nSPS) is 20.2. The number of benzene rings is 3. The van der Waals surface area contributed by atoms with E-state index < -0.39 is 17.0 Å². The van der Waals surface area contributed by atoms with Crippen LogP contribution in [0.4, 0.5) is 5.69 Å². The maximum atomic E-state index is 14.3. The minimum atomic E-state index is -0.529. The standard InChI is InChI=1S/C34H35N5O5/c40-33(37-20-19-35-22-28(37)21-24-9-3-1-4-10-24)31-32(25-11-5-2-6-12-25)38(23-36-31)29-13-7-8-14-30(29)44-34(41)26-15-17-27(18-16-26)39(42)43/h1-6,9-12,15-18,23,28-30,35H,7-8,13-14,19-22H2/t28-,29?,30?/m1/s1. The number of carbonyl (C=O) groups excluding carboxylic acids is 2. The van der Waals surface area contributed by atoms with Gasteiger partial charge in [-0.05, 0) is 43.4 Å². The van der Waals surface area contributed by atoms with Gasteiger partial charge in [0.05, 0.1) is 28.5 Å². The molecule has 0 spiro atoms. The van der Waals surface area contributed by atoms with E-state index in [1.165, 1.54) is 29.8 Å². The van der Waals surface area contributed by atoms with Gasteiger partial charge in [-0.2, -0.15) is 0 Å². The van der Waals surface area contributed by atoms with Crippen LogP contribution in [0.25, 0.3) is 11.3 Å². The Morgan fingerprint density at radius 3 is 2.39 bits per heavy atom. The Morgan fingerprint density at radius 1 is 0.955 bits per heavy atom. The number of non-ortho nitro benzene ring substituents is 1. The van der Waals surface area contributed by atoms with Crippen molar-refractivity contribution in [1.82, 2.24) is 19.8 Å². The van der Waals surface area contributed by atoms with Gasteiger partial charge in [0.15, 0.2) is 5.69 Å². The van der Waals surface area contributed by atoms with Crippen LogP contribution in [-0.4, -0.2) is 63.0 Å². The lowest BCUT2D eigenvalue weighted by atomic mass is 9.91. The molecule has 6 rings (SSSR count). The molecule has 1 aliphatic heterocycles. The van der Waals surface area contributed by atoms with E-state index >= 15 is 0 Å². The molecule has 4 aromatic rings. The average Bonchev–Trinajstić information content (AvgIpc) is 3.51. The van der Waals surface area contributed by atoms with Gasteiger partial charge in [0, 0.05) is 43.4 Å². The van der Waals surface area contributed by atoms with Crippen molar-refractivity contribution in [1.29, 1.82) is 0 Å². The summed E-state index contributed by atoms with van der Waals surface area (Å²) in [5.41, 5.74) is 3.32. The van der Waals surface area contributed by atoms with Gasteiger partial charge in [0.25, 0.3) is 11.6 Å². The first kappa shape index (κ1) is 29.3. The van der Waals surface area contributed by atoms with Gasteiger partial charge < -0.3 is 19.5 Å².